The van der Waals surface area contributed by atoms with Crippen LogP contribution in [0.15, 0.2) is 66.7 Å². The molecule has 9 nitrogen and oxygen atoms in total. The number of benzene rings is 3. The number of methoxy groups -OCH3 is 1. The molecule has 1 N–H and O–H groups in total. The first-order chi connectivity index (χ1) is 17.4. The Bertz CT molecular complexity index is 1320. The Labute approximate surface area is 210 Å². The number of hydrogen-bond acceptors (Lipinski definition) is 8. The van der Waals surface area contributed by atoms with E-state index in [2.05, 4.69) is 4.72 Å². The number of hydrogen-bond donors (Lipinski definition) is 1. The van der Waals surface area contributed by atoms with Crippen LogP contribution in [0.5, 0.6) is 23.0 Å². The van der Waals surface area contributed by atoms with Gasteiger partial charge in [0.15, 0.2) is 23.0 Å². The van der Waals surface area contributed by atoms with E-state index in [0.29, 0.717) is 29.6 Å². The number of fused-ring (bicyclic) bond motifs is 1. The summed E-state index contributed by atoms with van der Waals surface area (Å²) in [4.78, 5) is 5.66. The molecule has 10 heteroatoms. The second-order valence-electron chi connectivity index (χ2n) is 8.56. The van der Waals surface area contributed by atoms with Crippen molar-refractivity contribution in [1.29, 1.82) is 0 Å². The number of rotatable bonds is 9. The van der Waals surface area contributed by atoms with Crippen molar-refractivity contribution in [3.8, 4) is 23.0 Å². The third-order valence-corrected chi connectivity index (χ3v) is 8.00. The average molecular weight is 513 g/mol. The number of nitrogens with zero attached hydrogens (tertiary/aromatic N) is 1. The molecule has 1 fully saturated rings. The van der Waals surface area contributed by atoms with Gasteiger partial charge in [-0.3, -0.25) is 4.84 Å². The minimum Gasteiger partial charge on any atom is -0.493 e. The SMILES string of the molecule is COc1ccc([C@@H]2[C@@H](S(=O)(=O)NCc3ccc4c(c3)OCO4)CON2C)cc1OCc1ccccc1. The van der Waals surface area contributed by atoms with E-state index in [9.17, 15) is 8.42 Å². The quantitative estimate of drug-likeness (QED) is 0.466. The van der Waals surface area contributed by atoms with Gasteiger partial charge in [-0.15, -0.1) is 0 Å². The van der Waals surface area contributed by atoms with Crippen LogP contribution in [0, 0.1) is 0 Å². The van der Waals surface area contributed by atoms with Crippen LogP contribution in [0.1, 0.15) is 22.7 Å². The normalized spacial score (nSPS) is 19.4. The fraction of sp³-hybridized carbons (Fsp3) is 0.308. The highest BCUT2D eigenvalue weighted by Crippen LogP contribution is 2.38. The van der Waals surface area contributed by atoms with Gasteiger partial charge in [-0.1, -0.05) is 42.5 Å². The summed E-state index contributed by atoms with van der Waals surface area (Å²) in [6.07, 6.45) is 0. The monoisotopic (exact) mass is 512 g/mol. The lowest BCUT2D eigenvalue weighted by molar-refractivity contribution is -0.110. The summed E-state index contributed by atoms with van der Waals surface area (Å²) in [5.41, 5.74) is 2.53. The summed E-state index contributed by atoms with van der Waals surface area (Å²) < 4.78 is 51.7. The summed E-state index contributed by atoms with van der Waals surface area (Å²) in [7, 11) is -0.446. The molecule has 2 aliphatic heterocycles. The minimum atomic E-state index is -3.75. The van der Waals surface area contributed by atoms with E-state index in [-0.39, 0.29) is 19.9 Å². The maximum Gasteiger partial charge on any atom is 0.231 e. The molecule has 2 aliphatic rings. The number of nitrogens with one attached hydrogen (secondary N) is 1. The number of sulfonamides is 1. The van der Waals surface area contributed by atoms with E-state index in [4.69, 9.17) is 23.8 Å². The molecular weight excluding hydrogens is 484 g/mol. The van der Waals surface area contributed by atoms with Crippen molar-refractivity contribution in [2.24, 2.45) is 0 Å². The fourth-order valence-electron chi connectivity index (χ4n) is 4.35. The second kappa shape index (κ2) is 10.4. The first-order valence-electron chi connectivity index (χ1n) is 11.5. The molecule has 1 saturated heterocycles. The van der Waals surface area contributed by atoms with Crippen LogP contribution in [0.4, 0.5) is 0 Å². The Hall–Kier alpha value is -3.31. The van der Waals surface area contributed by atoms with Gasteiger partial charge < -0.3 is 18.9 Å². The van der Waals surface area contributed by atoms with Gasteiger partial charge in [-0.25, -0.2) is 13.1 Å². The molecule has 36 heavy (non-hydrogen) atoms. The van der Waals surface area contributed by atoms with Crippen LogP contribution in [0.25, 0.3) is 0 Å². The number of hydroxylamine groups is 2. The topological polar surface area (TPSA) is 95.6 Å². The Kier molecular flexibility index (Phi) is 7.01. The molecule has 0 radical (unpaired) electrons. The molecule has 0 spiro atoms. The van der Waals surface area contributed by atoms with Crippen molar-refractivity contribution in [2.45, 2.75) is 24.4 Å². The van der Waals surface area contributed by atoms with E-state index in [0.717, 1.165) is 16.7 Å². The van der Waals surface area contributed by atoms with E-state index >= 15 is 0 Å². The van der Waals surface area contributed by atoms with Crippen molar-refractivity contribution >= 4 is 10.0 Å². The predicted molar refractivity (Wildman–Crippen MR) is 132 cm³/mol. The van der Waals surface area contributed by atoms with Crippen LogP contribution in [0.2, 0.25) is 0 Å². The third kappa shape index (κ3) is 5.12. The zero-order valence-electron chi connectivity index (χ0n) is 20.0. The molecule has 0 aromatic heterocycles. The van der Waals surface area contributed by atoms with Gasteiger partial charge in [-0.05, 0) is 41.0 Å². The Morgan fingerprint density at radius 1 is 0.972 bits per heavy atom. The first kappa shape index (κ1) is 24.4. The predicted octanol–water partition coefficient (Wildman–Crippen LogP) is 3.41. The molecule has 3 aromatic carbocycles. The van der Waals surface area contributed by atoms with Gasteiger partial charge >= 0.3 is 0 Å². The molecule has 0 aliphatic carbocycles. The lowest BCUT2D eigenvalue weighted by atomic mass is 10.0. The van der Waals surface area contributed by atoms with Gasteiger partial charge in [0.05, 0.1) is 19.8 Å². The zero-order chi connectivity index (χ0) is 25.1. The smallest absolute Gasteiger partial charge is 0.231 e. The summed E-state index contributed by atoms with van der Waals surface area (Å²) in [5.74, 6) is 2.35. The third-order valence-electron chi connectivity index (χ3n) is 6.27. The van der Waals surface area contributed by atoms with Crippen LogP contribution in [-0.4, -0.2) is 46.3 Å². The van der Waals surface area contributed by atoms with E-state index < -0.39 is 21.3 Å². The van der Waals surface area contributed by atoms with Crippen LogP contribution >= 0.6 is 0 Å². The lowest BCUT2D eigenvalue weighted by Crippen LogP contribution is -2.39. The Morgan fingerprint density at radius 3 is 2.58 bits per heavy atom. The van der Waals surface area contributed by atoms with Crippen molar-refractivity contribution in [1.82, 2.24) is 9.79 Å². The fourth-order valence-corrected chi connectivity index (χ4v) is 5.84. The zero-order valence-corrected chi connectivity index (χ0v) is 20.9. The van der Waals surface area contributed by atoms with Crippen molar-refractivity contribution in [3.63, 3.8) is 0 Å². The van der Waals surface area contributed by atoms with E-state index in [1.165, 1.54) is 0 Å². The molecule has 0 saturated carbocycles. The highest BCUT2D eigenvalue weighted by molar-refractivity contribution is 7.90. The summed E-state index contributed by atoms with van der Waals surface area (Å²) in [6.45, 7) is 0.678. The highest BCUT2D eigenvalue weighted by Gasteiger charge is 2.43. The molecule has 2 heterocycles. The average Bonchev–Trinajstić information content (AvgIpc) is 3.53. The summed E-state index contributed by atoms with van der Waals surface area (Å²) in [6, 6.07) is 20.1. The molecule has 5 rings (SSSR count). The Balaban J connectivity index is 1.34. The van der Waals surface area contributed by atoms with Crippen LogP contribution in [-0.2, 0) is 28.0 Å². The van der Waals surface area contributed by atoms with Crippen molar-refractivity contribution in [3.05, 3.63) is 83.4 Å². The standard InChI is InChI=1S/C26H28N2O7S/c1-28-26(20-9-11-21(31-2)24(13-20)32-15-18-6-4-3-5-7-18)25(16-35-28)36(29,30)27-14-19-8-10-22-23(12-19)34-17-33-22/h3-13,25-27H,14-17H2,1-2H3/t25-,26+/m0/s1. The van der Waals surface area contributed by atoms with Gasteiger partial charge in [0.2, 0.25) is 16.8 Å². The summed E-state index contributed by atoms with van der Waals surface area (Å²) in [5, 5.41) is 0.750. The summed E-state index contributed by atoms with van der Waals surface area (Å²) >= 11 is 0. The first-order valence-corrected chi connectivity index (χ1v) is 13.1. The number of ether oxygens (including phenoxy) is 4. The molecule has 3 aromatic rings. The Morgan fingerprint density at radius 2 is 1.78 bits per heavy atom. The molecule has 0 bridgehead atoms. The maximum absolute atomic E-state index is 13.4. The molecule has 2 atom stereocenters. The van der Waals surface area contributed by atoms with Crippen molar-refractivity contribution < 1.29 is 32.2 Å². The largest absolute Gasteiger partial charge is 0.493 e. The molecule has 190 valence electrons. The van der Waals surface area contributed by atoms with E-state index in [1.807, 2.05) is 48.5 Å². The molecule has 0 amide bonds. The van der Waals surface area contributed by atoms with Gasteiger partial charge in [0, 0.05) is 13.6 Å². The van der Waals surface area contributed by atoms with E-state index in [1.54, 1.807) is 37.4 Å². The van der Waals surface area contributed by atoms with Gasteiger partial charge in [0.1, 0.15) is 11.9 Å². The molecule has 0 unspecified atom stereocenters. The van der Waals surface area contributed by atoms with Crippen LogP contribution < -0.4 is 23.7 Å². The van der Waals surface area contributed by atoms with Gasteiger partial charge in [0.25, 0.3) is 0 Å². The van der Waals surface area contributed by atoms with Crippen molar-refractivity contribution in [2.75, 3.05) is 27.6 Å². The minimum absolute atomic E-state index is 0.0316. The second-order valence-corrected chi connectivity index (χ2v) is 10.5. The molecular formula is C26H28N2O7S. The maximum atomic E-state index is 13.4. The highest BCUT2D eigenvalue weighted by atomic mass is 32.2. The van der Waals surface area contributed by atoms with Crippen LogP contribution in [0.3, 0.4) is 0 Å². The van der Waals surface area contributed by atoms with Gasteiger partial charge in [-0.2, -0.15) is 5.06 Å². The lowest BCUT2D eigenvalue weighted by Gasteiger charge is -2.24.